The summed E-state index contributed by atoms with van der Waals surface area (Å²) in [5.74, 6) is 6.43. The number of aliphatic hydroxyl groups is 1. The average Bonchev–Trinajstić information content (AvgIpc) is 2.80. The third kappa shape index (κ3) is 8.32. The van der Waals surface area contributed by atoms with E-state index in [1.165, 1.54) is 11.1 Å². The highest BCUT2D eigenvalue weighted by molar-refractivity contribution is 6.77. The van der Waals surface area contributed by atoms with Crippen LogP contribution in [0.2, 0.25) is 16.6 Å². The molecule has 0 heterocycles. The largest absolute Gasteiger partial charge is 0.415 e. The van der Waals surface area contributed by atoms with E-state index in [1.54, 1.807) is 0 Å². The van der Waals surface area contributed by atoms with Crippen LogP contribution in [-0.2, 0) is 17.5 Å². The molecule has 1 N–H and O–H groups in total. The maximum atomic E-state index is 11.0. The molecule has 0 radical (unpaired) electrons. The van der Waals surface area contributed by atoms with Gasteiger partial charge in [0.1, 0.15) is 6.10 Å². The minimum absolute atomic E-state index is 0.437. The van der Waals surface area contributed by atoms with Gasteiger partial charge in [-0.3, -0.25) is 4.90 Å². The van der Waals surface area contributed by atoms with Gasteiger partial charge in [-0.05, 0) is 27.8 Å². The zero-order valence-electron chi connectivity index (χ0n) is 23.2. The van der Waals surface area contributed by atoms with Gasteiger partial charge in [0.05, 0.1) is 6.54 Å². The summed E-state index contributed by atoms with van der Waals surface area (Å²) < 4.78 is 6.79. The molecule has 0 amide bonds. The lowest BCUT2D eigenvalue weighted by Crippen LogP contribution is -2.50. The standard InChI is InChI=1S/C31H47NO2Si/c1-25(2)35(26(3)4,27(5)6)34-24-31(7,8)30(33)20-15-21-32(22-28-16-11-9-12-17-28)23-29-18-13-10-14-19-29/h9-14,16-19,25-27,30,33H,21-24H2,1-8H3/t30-/m0/s1. The first kappa shape index (κ1) is 29.3. The van der Waals surface area contributed by atoms with E-state index in [2.05, 4.69) is 121 Å². The van der Waals surface area contributed by atoms with Crippen LogP contribution in [0, 0.1) is 17.3 Å². The third-order valence-electron chi connectivity index (χ3n) is 7.18. The Morgan fingerprint density at radius 3 is 1.63 bits per heavy atom. The van der Waals surface area contributed by atoms with Crippen molar-refractivity contribution in [2.24, 2.45) is 5.41 Å². The lowest BCUT2D eigenvalue weighted by Gasteiger charge is -2.44. The van der Waals surface area contributed by atoms with Gasteiger partial charge in [-0.15, -0.1) is 0 Å². The first-order valence-corrected chi connectivity index (χ1v) is 15.2. The zero-order chi connectivity index (χ0) is 26.1. The predicted molar refractivity (Wildman–Crippen MR) is 152 cm³/mol. The van der Waals surface area contributed by atoms with Crippen molar-refractivity contribution in [3.63, 3.8) is 0 Å². The maximum absolute atomic E-state index is 11.0. The molecule has 0 saturated carbocycles. The fourth-order valence-electron chi connectivity index (χ4n) is 5.19. The summed E-state index contributed by atoms with van der Waals surface area (Å²) in [7, 11) is -1.99. The Kier molecular flexibility index (Phi) is 11.2. The maximum Gasteiger partial charge on any atom is 0.200 e. The Hall–Kier alpha value is -1.90. The van der Waals surface area contributed by atoms with Crippen LogP contribution >= 0.6 is 0 Å². The van der Waals surface area contributed by atoms with E-state index in [4.69, 9.17) is 4.43 Å². The van der Waals surface area contributed by atoms with Crippen LogP contribution in [0.3, 0.4) is 0 Å². The summed E-state index contributed by atoms with van der Waals surface area (Å²) in [6.45, 7) is 20.7. The second-order valence-electron chi connectivity index (χ2n) is 11.4. The van der Waals surface area contributed by atoms with Crippen molar-refractivity contribution in [3.05, 3.63) is 71.8 Å². The van der Waals surface area contributed by atoms with Crippen molar-refractivity contribution in [2.45, 2.75) is 91.2 Å². The summed E-state index contributed by atoms with van der Waals surface area (Å²) in [5.41, 5.74) is 3.64. The SMILES string of the molecule is CC(C)[Si](OCC(C)(C)[C@@H](O)C#CCN(Cc1ccccc1)Cc1ccccc1)(C(C)C)C(C)C. The summed E-state index contributed by atoms with van der Waals surface area (Å²) in [5, 5.41) is 11.0. The van der Waals surface area contributed by atoms with Gasteiger partial charge in [0, 0.05) is 25.1 Å². The molecule has 0 aromatic heterocycles. The van der Waals surface area contributed by atoms with Crippen molar-refractivity contribution in [2.75, 3.05) is 13.2 Å². The van der Waals surface area contributed by atoms with Gasteiger partial charge in [0.2, 0.25) is 0 Å². The van der Waals surface area contributed by atoms with Gasteiger partial charge < -0.3 is 9.53 Å². The Labute approximate surface area is 216 Å². The second kappa shape index (κ2) is 13.4. The lowest BCUT2D eigenvalue weighted by atomic mass is 9.88. The van der Waals surface area contributed by atoms with Crippen LogP contribution in [0.15, 0.2) is 60.7 Å². The molecule has 0 spiro atoms. The van der Waals surface area contributed by atoms with E-state index in [-0.39, 0.29) is 0 Å². The van der Waals surface area contributed by atoms with Crippen molar-refractivity contribution < 1.29 is 9.53 Å². The highest BCUT2D eigenvalue weighted by atomic mass is 28.4. The summed E-state index contributed by atoms with van der Waals surface area (Å²) in [6, 6.07) is 21.0. The first-order chi connectivity index (χ1) is 16.5. The fourth-order valence-corrected chi connectivity index (χ4v) is 10.8. The van der Waals surface area contributed by atoms with E-state index >= 15 is 0 Å². The van der Waals surface area contributed by atoms with Crippen molar-refractivity contribution >= 4 is 8.32 Å². The van der Waals surface area contributed by atoms with Crippen LogP contribution in [0.5, 0.6) is 0 Å². The van der Waals surface area contributed by atoms with E-state index < -0.39 is 19.8 Å². The van der Waals surface area contributed by atoms with E-state index in [1.807, 2.05) is 12.1 Å². The van der Waals surface area contributed by atoms with Gasteiger partial charge in [0.25, 0.3) is 0 Å². The lowest BCUT2D eigenvalue weighted by molar-refractivity contribution is 0.0466. The number of hydrogen-bond donors (Lipinski definition) is 1. The molecular weight excluding hydrogens is 446 g/mol. The molecule has 4 heteroatoms. The molecule has 2 aromatic rings. The number of rotatable bonds is 12. The summed E-state index contributed by atoms with van der Waals surface area (Å²) in [4.78, 5) is 2.32. The smallest absolute Gasteiger partial charge is 0.200 e. The molecule has 0 aliphatic heterocycles. The van der Waals surface area contributed by atoms with Crippen LogP contribution in [0.25, 0.3) is 0 Å². The highest BCUT2D eigenvalue weighted by Crippen LogP contribution is 2.43. The third-order valence-corrected chi connectivity index (χ3v) is 13.2. The molecule has 35 heavy (non-hydrogen) atoms. The summed E-state index contributed by atoms with van der Waals surface area (Å²) >= 11 is 0. The normalized spacial score (nSPS) is 13.4. The highest BCUT2D eigenvalue weighted by Gasteiger charge is 2.46. The quantitative estimate of drug-likeness (QED) is 0.249. The average molecular weight is 494 g/mol. The van der Waals surface area contributed by atoms with Crippen LogP contribution < -0.4 is 0 Å². The topological polar surface area (TPSA) is 32.7 Å². The van der Waals surface area contributed by atoms with Gasteiger partial charge in [-0.25, -0.2) is 0 Å². The molecule has 192 valence electrons. The Morgan fingerprint density at radius 1 is 0.800 bits per heavy atom. The van der Waals surface area contributed by atoms with E-state index in [9.17, 15) is 5.11 Å². The minimum atomic E-state index is -1.99. The molecule has 3 nitrogen and oxygen atoms in total. The van der Waals surface area contributed by atoms with Crippen LogP contribution in [0.1, 0.15) is 66.5 Å². The Morgan fingerprint density at radius 2 is 1.23 bits per heavy atom. The number of nitrogens with zero attached hydrogens (tertiary/aromatic N) is 1. The Bertz CT molecular complexity index is 865. The monoisotopic (exact) mass is 493 g/mol. The van der Waals surface area contributed by atoms with Crippen molar-refractivity contribution in [1.29, 1.82) is 0 Å². The molecule has 2 rings (SSSR count). The molecule has 2 aromatic carbocycles. The van der Waals surface area contributed by atoms with Crippen LogP contribution in [0.4, 0.5) is 0 Å². The molecule has 1 atom stereocenters. The molecule has 0 aliphatic carbocycles. The molecule has 0 fully saturated rings. The number of benzene rings is 2. The molecular formula is C31H47NO2Si. The van der Waals surface area contributed by atoms with Gasteiger partial charge in [0.15, 0.2) is 8.32 Å². The van der Waals surface area contributed by atoms with Crippen molar-refractivity contribution in [3.8, 4) is 11.8 Å². The van der Waals surface area contributed by atoms with Crippen LogP contribution in [-0.4, -0.2) is 37.6 Å². The van der Waals surface area contributed by atoms with Crippen molar-refractivity contribution in [1.82, 2.24) is 4.90 Å². The first-order valence-electron chi connectivity index (χ1n) is 13.1. The second-order valence-corrected chi connectivity index (χ2v) is 16.9. The minimum Gasteiger partial charge on any atom is -0.415 e. The molecule has 0 bridgehead atoms. The molecule has 0 unspecified atom stereocenters. The number of aliphatic hydroxyl groups excluding tert-OH is 1. The molecule has 0 aliphatic rings. The molecule has 0 saturated heterocycles. The van der Waals surface area contributed by atoms with Gasteiger partial charge in [-0.1, -0.05) is 128 Å². The summed E-state index contributed by atoms with van der Waals surface area (Å²) in [6.07, 6.45) is -0.740. The van der Waals surface area contributed by atoms with Gasteiger partial charge in [-0.2, -0.15) is 0 Å². The number of hydrogen-bond acceptors (Lipinski definition) is 3. The Balaban J connectivity index is 2.10. The zero-order valence-corrected chi connectivity index (χ0v) is 24.2. The van der Waals surface area contributed by atoms with E-state index in [0.29, 0.717) is 29.8 Å². The predicted octanol–water partition coefficient (Wildman–Crippen LogP) is 7.27. The van der Waals surface area contributed by atoms with Gasteiger partial charge >= 0.3 is 0 Å². The van der Waals surface area contributed by atoms with E-state index in [0.717, 1.165) is 13.1 Å². The fraction of sp³-hybridized carbons (Fsp3) is 0.548.